The Labute approximate surface area is 245 Å². The fourth-order valence-corrected chi connectivity index (χ4v) is 5.16. The molecule has 0 spiro atoms. The van der Waals surface area contributed by atoms with Crippen molar-refractivity contribution in [3.05, 3.63) is 85.1 Å². The molecule has 10 nitrogen and oxygen atoms in total. The first-order valence-corrected chi connectivity index (χ1v) is 13.5. The number of nitrogens with zero attached hydrogens (tertiary/aromatic N) is 2. The predicted octanol–water partition coefficient (Wildman–Crippen LogP) is 4.30. The minimum atomic E-state index is -1.46. The molecule has 1 aliphatic heterocycles. The number of hydrogen-bond acceptors (Lipinski definition) is 5. The Morgan fingerprint density at radius 1 is 1.07 bits per heavy atom. The highest BCUT2D eigenvalue weighted by molar-refractivity contribution is 6.40. The normalized spacial score (nSPS) is 13.5. The molecule has 3 amide bonds. The maximum Gasteiger partial charge on any atom is 0.328 e. The molecule has 0 saturated heterocycles. The summed E-state index contributed by atoms with van der Waals surface area (Å²) >= 11 is 18.9. The molecule has 1 aromatic heterocycles. The first-order chi connectivity index (χ1) is 19.0. The third kappa shape index (κ3) is 6.41. The standard InChI is InChI=1S/C27H26Cl3N5O5/c1-13(2)19-10-20(34-33-19)24(36)31-11-21(27(39)40)32-25(37)22-18(29)9-15-12-35(8-7-17(15)23(22)30)26(38)14-3-5-16(28)6-4-14/h3-6,9-10,13,21H,7-8,11-12H2,1-2H3,(H,31,36)(H,32,37)(H,33,34)(H,39,40)/t21-/m0/s1. The van der Waals surface area contributed by atoms with Gasteiger partial charge in [-0.1, -0.05) is 48.7 Å². The molecule has 3 aromatic rings. The molecule has 4 rings (SSSR count). The van der Waals surface area contributed by atoms with E-state index in [2.05, 4.69) is 20.8 Å². The molecule has 0 aliphatic carbocycles. The predicted molar refractivity (Wildman–Crippen MR) is 150 cm³/mol. The van der Waals surface area contributed by atoms with E-state index < -0.39 is 30.4 Å². The zero-order valence-electron chi connectivity index (χ0n) is 21.6. The number of aliphatic carboxylic acids is 1. The summed E-state index contributed by atoms with van der Waals surface area (Å²) < 4.78 is 0. The van der Waals surface area contributed by atoms with Gasteiger partial charge in [0.15, 0.2) is 0 Å². The van der Waals surface area contributed by atoms with Gasteiger partial charge >= 0.3 is 5.97 Å². The largest absolute Gasteiger partial charge is 0.480 e. The van der Waals surface area contributed by atoms with Crippen LogP contribution in [0.5, 0.6) is 0 Å². The van der Waals surface area contributed by atoms with Gasteiger partial charge in [0.1, 0.15) is 11.7 Å². The Morgan fingerprint density at radius 3 is 2.40 bits per heavy atom. The van der Waals surface area contributed by atoms with E-state index in [-0.39, 0.29) is 39.7 Å². The smallest absolute Gasteiger partial charge is 0.328 e. The molecule has 0 fully saturated rings. The van der Waals surface area contributed by atoms with E-state index in [1.54, 1.807) is 41.3 Å². The summed E-state index contributed by atoms with van der Waals surface area (Å²) in [4.78, 5) is 52.0. The molecular formula is C27H26Cl3N5O5. The van der Waals surface area contributed by atoms with Gasteiger partial charge in [-0.05, 0) is 59.9 Å². The molecule has 2 heterocycles. The monoisotopic (exact) mass is 605 g/mol. The van der Waals surface area contributed by atoms with Crippen LogP contribution in [0, 0.1) is 0 Å². The second-order valence-electron chi connectivity index (χ2n) is 9.61. The van der Waals surface area contributed by atoms with Gasteiger partial charge in [-0.2, -0.15) is 5.10 Å². The highest BCUT2D eigenvalue weighted by Gasteiger charge is 2.30. The summed E-state index contributed by atoms with van der Waals surface area (Å²) in [6.45, 7) is 4.05. The second kappa shape index (κ2) is 12.3. The number of carbonyl (C=O) groups is 4. The molecule has 2 aromatic carbocycles. The topological polar surface area (TPSA) is 144 Å². The van der Waals surface area contributed by atoms with Crippen molar-refractivity contribution < 1.29 is 24.3 Å². The van der Waals surface area contributed by atoms with Crippen molar-refractivity contribution in [2.75, 3.05) is 13.1 Å². The van der Waals surface area contributed by atoms with Crippen molar-refractivity contribution in [2.45, 2.75) is 38.8 Å². The van der Waals surface area contributed by atoms with E-state index in [9.17, 15) is 24.3 Å². The van der Waals surface area contributed by atoms with Crippen molar-refractivity contribution in [2.24, 2.45) is 0 Å². The van der Waals surface area contributed by atoms with Gasteiger partial charge in [0, 0.05) is 35.9 Å². The number of carboxylic acid groups (broad SMARTS) is 1. The van der Waals surface area contributed by atoms with Gasteiger partial charge in [-0.15, -0.1) is 0 Å². The number of aromatic amines is 1. The second-order valence-corrected chi connectivity index (χ2v) is 10.8. The van der Waals surface area contributed by atoms with Gasteiger partial charge in [-0.25, -0.2) is 4.79 Å². The van der Waals surface area contributed by atoms with Crippen LogP contribution < -0.4 is 10.6 Å². The maximum atomic E-state index is 13.1. The van der Waals surface area contributed by atoms with Crippen LogP contribution in [0.2, 0.25) is 15.1 Å². The van der Waals surface area contributed by atoms with Gasteiger partial charge in [0.05, 0.1) is 15.6 Å². The fourth-order valence-electron chi connectivity index (χ4n) is 4.27. The zero-order chi connectivity index (χ0) is 29.1. The van der Waals surface area contributed by atoms with Crippen LogP contribution in [0.1, 0.15) is 67.8 Å². The number of nitrogens with one attached hydrogen (secondary N) is 3. The molecule has 0 unspecified atom stereocenters. The average Bonchev–Trinajstić information content (AvgIpc) is 3.41. The Morgan fingerprint density at radius 2 is 1.77 bits per heavy atom. The molecule has 0 saturated carbocycles. The first-order valence-electron chi connectivity index (χ1n) is 12.4. The highest BCUT2D eigenvalue weighted by atomic mass is 35.5. The number of halogens is 3. The lowest BCUT2D eigenvalue weighted by atomic mass is 9.96. The van der Waals surface area contributed by atoms with Gasteiger partial charge in [-0.3, -0.25) is 19.5 Å². The van der Waals surface area contributed by atoms with Gasteiger partial charge in [0.2, 0.25) is 0 Å². The van der Waals surface area contributed by atoms with Crippen molar-refractivity contribution in [1.82, 2.24) is 25.7 Å². The zero-order valence-corrected chi connectivity index (χ0v) is 23.8. The first kappa shape index (κ1) is 29.4. The Bertz CT molecular complexity index is 1470. The fraction of sp³-hybridized carbons (Fsp3) is 0.296. The molecule has 13 heteroatoms. The Hall–Kier alpha value is -3.60. The van der Waals surface area contributed by atoms with E-state index in [1.165, 1.54) is 0 Å². The summed E-state index contributed by atoms with van der Waals surface area (Å²) in [6, 6.07) is 8.24. The van der Waals surface area contributed by atoms with Crippen molar-refractivity contribution in [1.29, 1.82) is 0 Å². The molecule has 210 valence electrons. The van der Waals surface area contributed by atoms with Crippen LogP contribution in [0.15, 0.2) is 36.4 Å². The van der Waals surface area contributed by atoms with Crippen molar-refractivity contribution in [3.8, 4) is 0 Å². The molecule has 4 N–H and O–H groups in total. The van der Waals surface area contributed by atoms with E-state index in [0.717, 1.165) is 5.69 Å². The number of hydrogen-bond donors (Lipinski definition) is 4. The van der Waals surface area contributed by atoms with Crippen LogP contribution in [0.3, 0.4) is 0 Å². The minimum Gasteiger partial charge on any atom is -0.480 e. The molecule has 40 heavy (non-hydrogen) atoms. The van der Waals surface area contributed by atoms with Crippen molar-refractivity contribution in [3.63, 3.8) is 0 Å². The van der Waals surface area contributed by atoms with Crippen molar-refractivity contribution >= 4 is 58.5 Å². The quantitative estimate of drug-likeness (QED) is 0.301. The lowest BCUT2D eigenvalue weighted by Crippen LogP contribution is -2.48. The van der Waals surface area contributed by atoms with E-state index >= 15 is 0 Å². The third-order valence-electron chi connectivity index (χ3n) is 6.53. The molecule has 0 bridgehead atoms. The summed E-state index contributed by atoms with van der Waals surface area (Å²) in [5.74, 6) is -2.82. The average molecular weight is 607 g/mol. The number of carboxylic acids is 1. The number of benzene rings is 2. The summed E-state index contributed by atoms with van der Waals surface area (Å²) in [6.07, 6.45) is 0.366. The summed E-state index contributed by atoms with van der Waals surface area (Å²) in [5.41, 5.74) is 2.59. The number of aromatic nitrogens is 2. The SMILES string of the molecule is CC(C)c1cc(C(=O)NC[C@H](NC(=O)c2c(Cl)cc3c(c2Cl)CCN(C(=O)c2ccc(Cl)cc2)C3)C(=O)O)n[nH]1. The van der Waals surface area contributed by atoms with Crippen LogP contribution in [-0.4, -0.2) is 63.0 Å². The lowest BCUT2D eigenvalue weighted by Gasteiger charge is -2.30. The number of H-pyrrole nitrogens is 1. The summed E-state index contributed by atoms with van der Waals surface area (Å²) in [7, 11) is 0. The Kier molecular flexibility index (Phi) is 9.02. The number of fused-ring (bicyclic) bond motifs is 1. The van der Waals surface area contributed by atoms with E-state index in [4.69, 9.17) is 34.8 Å². The molecule has 0 radical (unpaired) electrons. The van der Waals surface area contributed by atoms with Gasteiger partial charge in [0.25, 0.3) is 17.7 Å². The minimum absolute atomic E-state index is 0.00736. The molecule has 1 atom stereocenters. The number of rotatable bonds is 8. The van der Waals surface area contributed by atoms with E-state index in [0.29, 0.717) is 34.7 Å². The maximum absolute atomic E-state index is 13.1. The molecular weight excluding hydrogens is 581 g/mol. The Balaban J connectivity index is 1.45. The van der Waals surface area contributed by atoms with Crippen LogP contribution >= 0.6 is 34.8 Å². The van der Waals surface area contributed by atoms with E-state index in [1.807, 2.05) is 13.8 Å². The van der Waals surface area contributed by atoms with Crippen LogP contribution in [-0.2, 0) is 17.8 Å². The number of carbonyl (C=O) groups excluding carboxylic acids is 3. The van der Waals surface area contributed by atoms with Crippen LogP contribution in [0.25, 0.3) is 0 Å². The summed E-state index contributed by atoms with van der Waals surface area (Å²) in [5, 5.41) is 21.8. The van der Waals surface area contributed by atoms with Gasteiger partial charge < -0.3 is 20.6 Å². The lowest BCUT2D eigenvalue weighted by molar-refractivity contribution is -0.139. The third-order valence-corrected chi connectivity index (χ3v) is 7.50. The van der Waals surface area contributed by atoms with Crippen LogP contribution in [0.4, 0.5) is 0 Å². The molecule has 1 aliphatic rings. The highest BCUT2D eigenvalue weighted by Crippen LogP contribution is 2.35. The number of amides is 3.